The lowest BCUT2D eigenvalue weighted by atomic mass is 10.2. The summed E-state index contributed by atoms with van der Waals surface area (Å²) in [6.45, 7) is 1.99. The molecule has 0 amide bonds. The molecule has 0 aliphatic heterocycles. The average Bonchev–Trinajstić information content (AvgIpc) is 2.93. The van der Waals surface area contributed by atoms with E-state index in [-0.39, 0.29) is 5.65 Å². The number of hydrogen-bond donors (Lipinski definition) is 0. The van der Waals surface area contributed by atoms with Crippen LogP contribution in [-0.4, -0.2) is 25.3 Å². The Morgan fingerprint density at radius 2 is 2.09 bits per heavy atom. The highest BCUT2D eigenvalue weighted by molar-refractivity contribution is 7.99. The Labute approximate surface area is 138 Å². The van der Waals surface area contributed by atoms with Crippen LogP contribution in [0.3, 0.4) is 0 Å². The van der Waals surface area contributed by atoms with Gasteiger partial charge in [0.05, 0.1) is 5.69 Å². The van der Waals surface area contributed by atoms with Crippen molar-refractivity contribution in [1.29, 1.82) is 0 Å². The van der Waals surface area contributed by atoms with Gasteiger partial charge in [0.25, 0.3) is 0 Å². The fourth-order valence-electron chi connectivity index (χ4n) is 2.00. The molecule has 3 heterocycles. The molecule has 0 bridgehead atoms. The predicted octanol–water partition coefficient (Wildman–Crippen LogP) is 4.58. The van der Waals surface area contributed by atoms with Gasteiger partial charge in [-0.2, -0.15) is 18.3 Å². The molecule has 0 saturated heterocycles. The SMILES string of the molecule is CCSc1cc(-c2ccn3nc(C(F)(F)F)cc3n2)cnc1Cl. The van der Waals surface area contributed by atoms with Gasteiger partial charge in [0, 0.05) is 28.9 Å². The van der Waals surface area contributed by atoms with Gasteiger partial charge in [0.15, 0.2) is 11.3 Å². The first-order valence-electron chi connectivity index (χ1n) is 6.61. The fourth-order valence-corrected chi connectivity index (χ4v) is 2.96. The second-order valence-corrected chi connectivity index (χ2v) is 6.25. The van der Waals surface area contributed by atoms with E-state index in [0.717, 1.165) is 21.2 Å². The van der Waals surface area contributed by atoms with Crippen molar-refractivity contribution in [3.63, 3.8) is 0 Å². The van der Waals surface area contributed by atoms with E-state index in [4.69, 9.17) is 11.6 Å². The number of fused-ring (bicyclic) bond motifs is 1. The van der Waals surface area contributed by atoms with E-state index in [1.54, 1.807) is 12.3 Å². The summed E-state index contributed by atoms with van der Waals surface area (Å²) in [4.78, 5) is 9.12. The largest absolute Gasteiger partial charge is 0.435 e. The van der Waals surface area contributed by atoms with Crippen LogP contribution in [0.15, 0.2) is 35.5 Å². The quantitative estimate of drug-likeness (QED) is 0.508. The minimum absolute atomic E-state index is 0.120. The molecule has 0 saturated carbocycles. The Morgan fingerprint density at radius 3 is 2.78 bits per heavy atom. The van der Waals surface area contributed by atoms with Crippen molar-refractivity contribution < 1.29 is 13.2 Å². The van der Waals surface area contributed by atoms with E-state index >= 15 is 0 Å². The van der Waals surface area contributed by atoms with Crippen molar-refractivity contribution >= 4 is 29.0 Å². The maximum Gasteiger partial charge on any atom is 0.435 e. The van der Waals surface area contributed by atoms with Crippen LogP contribution in [0.4, 0.5) is 13.2 Å². The van der Waals surface area contributed by atoms with E-state index in [9.17, 15) is 13.2 Å². The highest BCUT2D eigenvalue weighted by Gasteiger charge is 2.34. The molecule has 3 aromatic heterocycles. The first-order valence-corrected chi connectivity index (χ1v) is 7.97. The van der Waals surface area contributed by atoms with Crippen LogP contribution in [0.1, 0.15) is 12.6 Å². The van der Waals surface area contributed by atoms with Gasteiger partial charge in [-0.3, -0.25) is 0 Å². The molecule has 9 heteroatoms. The molecule has 0 aliphatic carbocycles. The number of hydrogen-bond acceptors (Lipinski definition) is 4. The number of thioether (sulfide) groups is 1. The molecule has 0 radical (unpaired) electrons. The molecular weight excluding hydrogens is 349 g/mol. The molecule has 120 valence electrons. The smallest absolute Gasteiger partial charge is 0.243 e. The summed E-state index contributed by atoms with van der Waals surface area (Å²) in [5.41, 5.74) is 0.337. The van der Waals surface area contributed by atoms with E-state index in [2.05, 4.69) is 15.1 Å². The van der Waals surface area contributed by atoms with Crippen LogP contribution < -0.4 is 0 Å². The Kier molecular flexibility index (Phi) is 4.20. The van der Waals surface area contributed by atoms with Crippen molar-refractivity contribution in [3.05, 3.63) is 41.4 Å². The fraction of sp³-hybridized carbons (Fsp3) is 0.214. The first kappa shape index (κ1) is 16.1. The number of alkyl halides is 3. The van der Waals surface area contributed by atoms with Crippen molar-refractivity contribution in [3.8, 4) is 11.3 Å². The van der Waals surface area contributed by atoms with Gasteiger partial charge in [0.1, 0.15) is 5.15 Å². The van der Waals surface area contributed by atoms with E-state index < -0.39 is 11.9 Å². The number of nitrogens with zero attached hydrogens (tertiary/aromatic N) is 4. The van der Waals surface area contributed by atoms with Crippen molar-refractivity contribution in [1.82, 2.24) is 19.6 Å². The number of aromatic nitrogens is 4. The topological polar surface area (TPSA) is 43.1 Å². The molecule has 0 atom stereocenters. The zero-order valence-electron chi connectivity index (χ0n) is 11.8. The normalized spacial score (nSPS) is 12.0. The molecule has 23 heavy (non-hydrogen) atoms. The Hall–Kier alpha value is -1.80. The van der Waals surface area contributed by atoms with Gasteiger partial charge in [0.2, 0.25) is 0 Å². The van der Waals surface area contributed by atoms with Crippen LogP contribution >= 0.6 is 23.4 Å². The molecule has 4 nitrogen and oxygen atoms in total. The third kappa shape index (κ3) is 3.28. The standard InChI is InChI=1S/C14H10ClF3N4S/c1-2-23-10-5-8(7-19-13(10)15)9-3-4-22-12(20-9)6-11(21-22)14(16,17)18/h3-7H,2H2,1H3. The van der Waals surface area contributed by atoms with Crippen LogP contribution in [0, 0.1) is 0 Å². The van der Waals surface area contributed by atoms with E-state index in [0.29, 0.717) is 16.4 Å². The van der Waals surface area contributed by atoms with E-state index in [1.165, 1.54) is 18.0 Å². The summed E-state index contributed by atoms with van der Waals surface area (Å²) < 4.78 is 39.2. The first-order chi connectivity index (χ1) is 10.9. The lowest BCUT2D eigenvalue weighted by Gasteiger charge is -2.05. The zero-order valence-corrected chi connectivity index (χ0v) is 13.4. The molecule has 3 rings (SSSR count). The van der Waals surface area contributed by atoms with Crippen molar-refractivity contribution in [2.24, 2.45) is 0 Å². The number of rotatable bonds is 3. The molecule has 0 spiro atoms. The van der Waals surface area contributed by atoms with Gasteiger partial charge < -0.3 is 0 Å². The Bertz CT molecular complexity index is 863. The summed E-state index contributed by atoms with van der Waals surface area (Å²) in [6, 6.07) is 4.32. The molecule has 0 fully saturated rings. The molecule has 0 N–H and O–H groups in total. The lowest BCUT2D eigenvalue weighted by molar-refractivity contribution is -0.141. The second kappa shape index (κ2) is 6.01. The van der Waals surface area contributed by atoms with Crippen LogP contribution in [0.5, 0.6) is 0 Å². The van der Waals surface area contributed by atoms with Crippen LogP contribution in [0.2, 0.25) is 5.15 Å². The monoisotopic (exact) mass is 358 g/mol. The summed E-state index contributed by atoms with van der Waals surface area (Å²) in [7, 11) is 0. The van der Waals surface area contributed by atoms with E-state index in [1.807, 2.05) is 13.0 Å². The van der Waals surface area contributed by atoms with Crippen LogP contribution in [-0.2, 0) is 6.18 Å². The Balaban J connectivity index is 2.05. The maximum absolute atomic E-state index is 12.7. The number of pyridine rings is 1. The summed E-state index contributed by atoms with van der Waals surface area (Å²) in [5.74, 6) is 0.828. The van der Waals surface area contributed by atoms with Gasteiger partial charge in [-0.15, -0.1) is 11.8 Å². The predicted molar refractivity (Wildman–Crippen MR) is 82.6 cm³/mol. The summed E-state index contributed by atoms with van der Waals surface area (Å²) >= 11 is 7.55. The second-order valence-electron chi connectivity index (χ2n) is 4.59. The third-order valence-electron chi connectivity index (χ3n) is 3.02. The molecule has 0 unspecified atom stereocenters. The molecule has 0 aromatic carbocycles. The molecule has 0 aliphatic rings. The maximum atomic E-state index is 12.7. The minimum Gasteiger partial charge on any atom is -0.243 e. The van der Waals surface area contributed by atoms with Crippen molar-refractivity contribution in [2.45, 2.75) is 18.0 Å². The number of halogens is 4. The molecule has 3 aromatic rings. The minimum atomic E-state index is -4.50. The van der Waals surface area contributed by atoms with Crippen LogP contribution in [0.25, 0.3) is 16.9 Å². The highest BCUT2D eigenvalue weighted by Crippen LogP contribution is 2.31. The highest BCUT2D eigenvalue weighted by atomic mass is 35.5. The van der Waals surface area contributed by atoms with Gasteiger partial charge in [-0.25, -0.2) is 14.5 Å². The molecular formula is C14H10ClF3N4S. The zero-order chi connectivity index (χ0) is 16.6. The van der Waals surface area contributed by atoms with Gasteiger partial charge >= 0.3 is 6.18 Å². The van der Waals surface area contributed by atoms with Gasteiger partial charge in [-0.05, 0) is 17.9 Å². The summed E-state index contributed by atoms with van der Waals surface area (Å²) in [5, 5.41) is 3.86. The third-order valence-corrected chi connectivity index (χ3v) is 4.34. The van der Waals surface area contributed by atoms with Gasteiger partial charge in [-0.1, -0.05) is 18.5 Å². The Morgan fingerprint density at radius 1 is 1.30 bits per heavy atom. The summed E-state index contributed by atoms with van der Waals surface area (Å²) in [6.07, 6.45) is -1.52. The van der Waals surface area contributed by atoms with Crippen molar-refractivity contribution in [2.75, 3.05) is 5.75 Å². The lowest BCUT2D eigenvalue weighted by Crippen LogP contribution is -2.05. The average molecular weight is 359 g/mol.